The second kappa shape index (κ2) is 32.3. The number of pyridine rings is 2. The molecular formula is C125H77N7. The largest absolute Gasteiger partial charge is 0.247 e. The van der Waals surface area contributed by atoms with Gasteiger partial charge in [0.05, 0.1) is 33.8 Å². The van der Waals surface area contributed by atoms with Crippen LogP contribution in [0.1, 0.15) is 0 Å². The summed E-state index contributed by atoms with van der Waals surface area (Å²) in [6.45, 7) is 0. The van der Waals surface area contributed by atoms with Crippen molar-refractivity contribution in [3.05, 3.63) is 467 Å². The van der Waals surface area contributed by atoms with Crippen molar-refractivity contribution < 1.29 is 0 Å². The van der Waals surface area contributed by atoms with Crippen LogP contribution in [0.4, 0.5) is 0 Å². The molecule has 4 aromatic heterocycles. The number of hydrogen-bond donors (Lipinski definition) is 0. The lowest BCUT2D eigenvalue weighted by Gasteiger charge is -2.19. The third-order valence-electron chi connectivity index (χ3n) is 26.3. The van der Waals surface area contributed by atoms with Gasteiger partial charge in [0.2, 0.25) is 0 Å². The van der Waals surface area contributed by atoms with Gasteiger partial charge in [-0.05, 0) is 196 Å². The molecule has 22 aromatic carbocycles. The molecule has 0 aliphatic heterocycles. The van der Waals surface area contributed by atoms with E-state index in [0.717, 1.165) is 116 Å². The van der Waals surface area contributed by atoms with Crippen molar-refractivity contribution in [1.29, 1.82) is 0 Å². The second-order valence-electron chi connectivity index (χ2n) is 34.0. The highest BCUT2D eigenvalue weighted by atomic mass is 15.0. The Kier molecular flexibility index (Phi) is 18.8. The first-order valence-corrected chi connectivity index (χ1v) is 44.9. The maximum Gasteiger partial charge on any atom is 0.164 e. The zero-order valence-corrected chi connectivity index (χ0v) is 71.6. The van der Waals surface area contributed by atoms with Gasteiger partial charge in [0, 0.05) is 66.1 Å². The molecule has 26 rings (SSSR count). The predicted molar refractivity (Wildman–Crippen MR) is 553 cm³/mol. The minimum atomic E-state index is 0.615. The number of fused-ring (bicyclic) bond motifs is 18. The molecule has 0 spiro atoms. The third kappa shape index (κ3) is 13.6. The summed E-state index contributed by atoms with van der Waals surface area (Å²) in [5.41, 5.74) is 22.8. The van der Waals surface area contributed by atoms with Crippen LogP contribution in [0, 0.1) is 0 Å². The Balaban J connectivity index is 0.000000142. The zero-order chi connectivity index (χ0) is 87.1. The van der Waals surface area contributed by atoms with Gasteiger partial charge in [0.25, 0.3) is 0 Å². The van der Waals surface area contributed by atoms with Crippen molar-refractivity contribution in [2.45, 2.75) is 0 Å². The molecule has 7 heteroatoms. The third-order valence-corrected chi connectivity index (χ3v) is 26.3. The number of nitrogens with zero attached hydrogens (tertiary/aromatic N) is 7. The van der Waals surface area contributed by atoms with Crippen molar-refractivity contribution in [2.75, 3.05) is 0 Å². The van der Waals surface area contributed by atoms with Crippen LogP contribution in [-0.2, 0) is 0 Å². The maximum absolute atomic E-state index is 5.63. The summed E-state index contributed by atoms with van der Waals surface area (Å²) in [6, 6.07) is 167. The van der Waals surface area contributed by atoms with Crippen LogP contribution in [0.15, 0.2) is 467 Å². The van der Waals surface area contributed by atoms with Crippen LogP contribution >= 0.6 is 0 Å². The molecule has 0 unspecified atom stereocenters. The lowest BCUT2D eigenvalue weighted by molar-refractivity contribution is 1.07. The van der Waals surface area contributed by atoms with Crippen molar-refractivity contribution in [3.8, 4) is 135 Å². The molecule has 4 heterocycles. The highest BCUT2D eigenvalue weighted by Gasteiger charge is 2.25. The first-order chi connectivity index (χ1) is 65.4. The van der Waals surface area contributed by atoms with Gasteiger partial charge in [0.15, 0.2) is 23.3 Å². The maximum atomic E-state index is 5.63. The molecule has 0 fully saturated rings. The summed E-state index contributed by atoms with van der Waals surface area (Å²) in [5, 5.41) is 26.5. The van der Waals surface area contributed by atoms with Crippen molar-refractivity contribution in [1.82, 2.24) is 34.9 Å². The Labute approximate surface area is 761 Å². The van der Waals surface area contributed by atoms with Gasteiger partial charge in [0.1, 0.15) is 0 Å². The molecule has 132 heavy (non-hydrogen) atoms. The van der Waals surface area contributed by atoms with E-state index < -0.39 is 0 Å². The van der Waals surface area contributed by atoms with Gasteiger partial charge >= 0.3 is 0 Å². The first kappa shape index (κ1) is 76.8. The Hall–Kier alpha value is -17.7. The highest BCUT2D eigenvalue weighted by Crippen LogP contribution is 2.50. The number of benzene rings is 22. The fourth-order valence-electron chi connectivity index (χ4n) is 20.0. The Morgan fingerprint density at radius 3 is 0.591 bits per heavy atom. The van der Waals surface area contributed by atoms with Crippen LogP contribution in [0.3, 0.4) is 0 Å². The monoisotopic (exact) mass is 1680 g/mol. The van der Waals surface area contributed by atoms with E-state index in [0.29, 0.717) is 23.3 Å². The SMILES string of the molecule is c1ccc(-c2cc(-c3ccccc3)nc(-c3ccc(-c4cc(-c5cc6ccccc6c6ccccc56)c5cc(-c6cc7ccccc7c7ccccc67)c6ccccc6c5n4)cc3)n2)cc1.c1ccc(-c2nc(-c3ccccc3)nc(-c3ccc(-c4cc(-c5cc6ccccc6c6ccccc56)c5cc(-c6cc7ccccc7c7ccccc67)c6ccccc6c5n4)cc3)n2)cc1. The number of rotatable bonds is 12. The van der Waals surface area contributed by atoms with Crippen LogP contribution < -0.4 is 0 Å². The summed E-state index contributed by atoms with van der Waals surface area (Å²) in [6.07, 6.45) is 0. The standard InChI is InChI=1S/C63H39N3.C62H38N4/c1-3-17-40(18-4-1)60-39-61(41-19-5-2-6-20-41)66-63(65-60)43-33-31-42(32-34-43)59-38-57(55-36-45-22-8-10-24-47(45)49-26-12-14-28-51(49)55)58-37-56(52-29-15-16-30-53(52)62(58)64-59)54-35-44-21-7-9-23-46(44)48-25-11-13-27-50(48)54;1-3-17-40(18-4-1)60-64-61(41-19-5-2-6-20-41)66-62(65-60)42-33-31-39(32-34-42)58-38-56(54-36-44-22-8-10-24-46(44)48-26-12-14-28-50(48)54)57-37-55(51-29-15-16-30-52(51)59(57)63-58)53-35-43-21-7-9-23-45(43)47-25-11-13-27-49(47)53/h1-39H;1-38H. The van der Waals surface area contributed by atoms with Crippen molar-refractivity contribution in [2.24, 2.45) is 0 Å². The van der Waals surface area contributed by atoms with Gasteiger partial charge < -0.3 is 0 Å². The highest BCUT2D eigenvalue weighted by molar-refractivity contribution is 6.26. The van der Waals surface area contributed by atoms with Crippen LogP contribution in [0.25, 0.3) is 265 Å². The molecule has 0 amide bonds. The van der Waals surface area contributed by atoms with Crippen molar-refractivity contribution >= 4 is 130 Å². The Bertz CT molecular complexity index is 8480. The van der Waals surface area contributed by atoms with Crippen LogP contribution in [0.5, 0.6) is 0 Å². The molecule has 26 aromatic rings. The predicted octanol–water partition coefficient (Wildman–Crippen LogP) is 33.0. The van der Waals surface area contributed by atoms with Crippen molar-refractivity contribution in [3.63, 3.8) is 0 Å². The minimum Gasteiger partial charge on any atom is -0.247 e. The second-order valence-corrected chi connectivity index (χ2v) is 34.0. The Morgan fingerprint density at radius 2 is 0.295 bits per heavy atom. The fourth-order valence-corrected chi connectivity index (χ4v) is 20.0. The van der Waals surface area contributed by atoms with E-state index in [4.69, 9.17) is 34.9 Å². The summed E-state index contributed by atoms with van der Waals surface area (Å²) >= 11 is 0. The molecule has 0 radical (unpaired) electrons. The molecule has 612 valence electrons. The lowest BCUT2D eigenvalue weighted by Crippen LogP contribution is -2.00. The topological polar surface area (TPSA) is 90.2 Å². The van der Waals surface area contributed by atoms with E-state index in [1.807, 2.05) is 72.8 Å². The molecule has 7 nitrogen and oxygen atoms in total. The molecule has 0 N–H and O–H groups in total. The lowest BCUT2D eigenvalue weighted by atomic mass is 9.86. The van der Waals surface area contributed by atoms with Gasteiger partial charge in [-0.2, -0.15) is 0 Å². The number of hydrogen-bond acceptors (Lipinski definition) is 7. The molecular weight excluding hydrogens is 1600 g/mol. The summed E-state index contributed by atoms with van der Waals surface area (Å²) < 4.78 is 0. The van der Waals surface area contributed by atoms with Crippen LogP contribution in [0.2, 0.25) is 0 Å². The Morgan fingerprint density at radius 1 is 0.106 bits per heavy atom. The zero-order valence-electron chi connectivity index (χ0n) is 71.6. The van der Waals surface area contributed by atoms with Gasteiger partial charge in [-0.15, -0.1) is 0 Å². The fraction of sp³-hybridized carbons (Fsp3) is 0. The average Bonchev–Trinajstić information content (AvgIpc) is 0.723. The molecule has 0 saturated heterocycles. The van der Waals surface area contributed by atoms with Gasteiger partial charge in [-0.3, -0.25) is 0 Å². The van der Waals surface area contributed by atoms with Crippen LogP contribution in [-0.4, -0.2) is 34.9 Å². The van der Waals surface area contributed by atoms with Gasteiger partial charge in [-0.25, -0.2) is 34.9 Å². The van der Waals surface area contributed by atoms with E-state index in [2.05, 4.69) is 394 Å². The molecule has 0 atom stereocenters. The molecule has 0 bridgehead atoms. The van der Waals surface area contributed by atoms with E-state index in [-0.39, 0.29) is 0 Å². The van der Waals surface area contributed by atoms with Gasteiger partial charge in [-0.1, -0.05) is 413 Å². The summed E-state index contributed by atoms with van der Waals surface area (Å²) in [4.78, 5) is 36.4. The molecule has 0 aliphatic carbocycles. The molecule has 0 saturated carbocycles. The van der Waals surface area contributed by atoms with E-state index in [9.17, 15) is 0 Å². The number of aromatic nitrogens is 7. The van der Waals surface area contributed by atoms with E-state index >= 15 is 0 Å². The summed E-state index contributed by atoms with van der Waals surface area (Å²) in [5.74, 6) is 2.56. The smallest absolute Gasteiger partial charge is 0.164 e. The quantitative estimate of drug-likeness (QED) is 0.113. The van der Waals surface area contributed by atoms with E-state index in [1.54, 1.807) is 0 Å². The normalized spacial score (nSPS) is 11.6. The molecule has 0 aliphatic rings. The summed E-state index contributed by atoms with van der Waals surface area (Å²) in [7, 11) is 0. The van der Waals surface area contributed by atoms with E-state index in [1.165, 1.54) is 125 Å². The average molecular weight is 1680 g/mol. The minimum absolute atomic E-state index is 0.615. The first-order valence-electron chi connectivity index (χ1n) is 44.9.